The Hall–Kier alpha value is -0.140. The molecule has 2 unspecified atom stereocenters. The zero-order valence-corrected chi connectivity index (χ0v) is 13.1. The quantitative estimate of drug-likeness (QED) is 0.894. The Kier molecular flexibility index (Phi) is 4.89. The number of aryl methyl sites for hydroxylation is 1. The number of rotatable bonds is 4. The molecular weight excluding hydrogens is 306 g/mol. The number of sulfonamides is 1. The second-order valence-electron chi connectivity index (χ2n) is 4.99. The lowest BCUT2D eigenvalue weighted by Crippen LogP contribution is -2.36. The van der Waals surface area contributed by atoms with E-state index < -0.39 is 16.1 Å². The second kappa shape index (κ2) is 6.10. The van der Waals surface area contributed by atoms with Gasteiger partial charge in [-0.15, -0.1) is 11.3 Å². The van der Waals surface area contributed by atoms with Gasteiger partial charge in [-0.25, -0.2) is 13.1 Å². The van der Waals surface area contributed by atoms with Gasteiger partial charge in [0.25, 0.3) is 0 Å². The van der Waals surface area contributed by atoms with Crippen molar-refractivity contribution in [2.24, 2.45) is 5.92 Å². The van der Waals surface area contributed by atoms with Crippen molar-refractivity contribution >= 4 is 33.0 Å². The predicted octanol–water partition coefficient (Wildman–Crippen LogP) is 2.54. The summed E-state index contributed by atoms with van der Waals surface area (Å²) in [5.41, 5.74) is 0.768. The van der Waals surface area contributed by atoms with E-state index in [1.165, 1.54) is 0 Å². The Morgan fingerprint density at radius 3 is 2.74 bits per heavy atom. The number of hydrogen-bond acceptors (Lipinski definition) is 4. The molecule has 1 saturated carbocycles. The first-order chi connectivity index (χ1) is 8.90. The summed E-state index contributed by atoms with van der Waals surface area (Å²) < 4.78 is 27.5. The van der Waals surface area contributed by atoms with Crippen molar-refractivity contribution in [1.82, 2.24) is 4.72 Å². The lowest BCUT2D eigenvalue weighted by atomic mass is 9.87. The summed E-state index contributed by atoms with van der Waals surface area (Å²) in [6, 6.07) is 1.58. The molecule has 4 nitrogen and oxygen atoms in total. The van der Waals surface area contributed by atoms with Crippen molar-refractivity contribution in [3.8, 4) is 0 Å². The molecule has 7 heteroatoms. The predicted molar refractivity (Wildman–Crippen MR) is 77.2 cm³/mol. The third-order valence-corrected chi connectivity index (χ3v) is 6.96. The van der Waals surface area contributed by atoms with Crippen LogP contribution >= 0.6 is 22.9 Å². The van der Waals surface area contributed by atoms with Crippen molar-refractivity contribution in [3.05, 3.63) is 16.0 Å². The number of halogens is 1. The fourth-order valence-corrected chi connectivity index (χ4v) is 5.12. The second-order valence-corrected chi connectivity index (χ2v) is 8.63. The van der Waals surface area contributed by atoms with Gasteiger partial charge in [0.1, 0.15) is 4.21 Å². The number of hydrogen-bond donors (Lipinski definition) is 2. The maximum Gasteiger partial charge on any atom is 0.250 e. The third-order valence-electron chi connectivity index (χ3n) is 3.50. The van der Waals surface area contributed by atoms with Gasteiger partial charge in [-0.1, -0.05) is 24.4 Å². The van der Waals surface area contributed by atoms with Gasteiger partial charge in [0.05, 0.1) is 10.4 Å². The first-order valence-electron chi connectivity index (χ1n) is 6.34. The van der Waals surface area contributed by atoms with Gasteiger partial charge in [0, 0.05) is 6.54 Å². The van der Waals surface area contributed by atoms with Crippen molar-refractivity contribution in [2.75, 3.05) is 6.54 Å². The lowest BCUT2D eigenvalue weighted by molar-refractivity contribution is 0.0724. The fourth-order valence-electron chi connectivity index (χ4n) is 2.28. The highest BCUT2D eigenvalue weighted by molar-refractivity contribution is 7.91. The SMILES string of the molecule is Cc1cc(S(=O)(=O)NCC2CCCCC2O)sc1Cl. The first-order valence-corrected chi connectivity index (χ1v) is 9.01. The van der Waals surface area contributed by atoms with Crippen LogP contribution in [0.25, 0.3) is 0 Å². The van der Waals surface area contributed by atoms with Crippen LogP contribution in [0.5, 0.6) is 0 Å². The molecule has 1 aliphatic rings. The van der Waals surface area contributed by atoms with E-state index in [-0.39, 0.29) is 16.7 Å². The van der Waals surface area contributed by atoms with Crippen LogP contribution in [0.2, 0.25) is 4.34 Å². The summed E-state index contributed by atoms with van der Waals surface area (Å²) in [7, 11) is -3.51. The van der Waals surface area contributed by atoms with Crippen molar-refractivity contribution < 1.29 is 13.5 Å². The van der Waals surface area contributed by atoms with Crippen molar-refractivity contribution in [3.63, 3.8) is 0 Å². The molecule has 0 aliphatic heterocycles. The molecule has 0 spiro atoms. The molecule has 2 atom stereocenters. The standard InChI is InChI=1S/C12H18ClNO3S2/c1-8-6-11(18-12(8)13)19(16,17)14-7-9-4-2-3-5-10(9)15/h6,9-10,14-15H,2-5,7H2,1H3. The van der Waals surface area contributed by atoms with Crippen LogP contribution in [0.15, 0.2) is 10.3 Å². The Morgan fingerprint density at radius 2 is 2.16 bits per heavy atom. The van der Waals surface area contributed by atoms with E-state index in [4.69, 9.17) is 11.6 Å². The van der Waals surface area contributed by atoms with Crippen molar-refractivity contribution in [1.29, 1.82) is 0 Å². The van der Waals surface area contributed by atoms with Crippen LogP contribution in [-0.2, 0) is 10.0 Å². The summed E-state index contributed by atoms with van der Waals surface area (Å²) in [6.07, 6.45) is 3.30. The number of nitrogens with one attached hydrogen (secondary N) is 1. The molecule has 1 aliphatic carbocycles. The summed E-state index contributed by atoms with van der Waals surface area (Å²) in [5, 5.41) is 9.83. The topological polar surface area (TPSA) is 66.4 Å². The van der Waals surface area contributed by atoms with Crippen LogP contribution in [-0.4, -0.2) is 26.2 Å². The highest BCUT2D eigenvalue weighted by atomic mass is 35.5. The van der Waals surface area contributed by atoms with Crippen LogP contribution in [0.1, 0.15) is 31.2 Å². The summed E-state index contributed by atoms with van der Waals surface area (Å²) in [4.78, 5) is 0. The highest BCUT2D eigenvalue weighted by Gasteiger charge is 2.26. The Morgan fingerprint density at radius 1 is 1.47 bits per heavy atom. The molecule has 0 amide bonds. The van der Waals surface area contributed by atoms with Crippen LogP contribution < -0.4 is 4.72 Å². The zero-order valence-electron chi connectivity index (χ0n) is 10.7. The van der Waals surface area contributed by atoms with E-state index in [0.29, 0.717) is 4.34 Å². The van der Waals surface area contributed by atoms with Gasteiger partial charge < -0.3 is 5.11 Å². The number of aliphatic hydroxyl groups is 1. The molecule has 0 bridgehead atoms. The van der Waals surface area contributed by atoms with Gasteiger partial charge in [-0.3, -0.25) is 0 Å². The number of aliphatic hydroxyl groups excluding tert-OH is 1. The smallest absolute Gasteiger partial charge is 0.250 e. The van der Waals surface area contributed by atoms with E-state index in [9.17, 15) is 13.5 Å². The lowest BCUT2D eigenvalue weighted by Gasteiger charge is -2.27. The van der Waals surface area contributed by atoms with Gasteiger partial charge in [0.15, 0.2) is 0 Å². The Bertz CT molecular complexity index is 522. The van der Waals surface area contributed by atoms with E-state index in [1.807, 2.05) is 0 Å². The van der Waals surface area contributed by atoms with Gasteiger partial charge >= 0.3 is 0 Å². The molecule has 0 radical (unpaired) electrons. The van der Waals surface area contributed by atoms with Crippen LogP contribution in [0.4, 0.5) is 0 Å². The van der Waals surface area contributed by atoms with E-state index in [2.05, 4.69) is 4.72 Å². The number of thiophene rings is 1. The molecule has 108 valence electrons. The van der Waals surface area contributed by atoms with Gasteiger partial charge in [-0.2, -0.15) is 0 Å². The molecule has 1 fully saturated rings. The first kappa shape index (κ1) is 15.3. The molecule has 0 saturated heterocycles. The Balaban J connectivity index is 2.01. The normalized spacial score (nSPS) is 24.6. The molecule has 1 aromatic rings. The average Bonchev–Trinajstić information content (AvgIpc) is 2.70. The summed E-state index contributed by atoms with van der Waals surface area (Å²) in [5.74, 6) is 0.0139. The molecular formula is C12H18ClNO3S2. The average molecular weight is 324 g/mol. The minimum Gasteiger partial charge on any atom is -0.393 e. The maximum absolute atomic E-state index is 12.1. The summed E-state index contributed by atoms with van der Waals surface area (Å²) >= 11 is 6.95. The highest BCUT2D eigenvalue weighted by Crippen LogP contribution is 2.30. The maximum atomic E-state index is 12.1. The molecule has 19 heavy (non-hydrogen) atoms. The minimum absolute atomic E-state index is 0.0139. The largest absolute Gasteiger partial charge is 0.393 e. The fraction of sp³-hybridized carbons (Fsp3) is 0.667. The van der Waals surface area contributed by atoms with Gasteiger partial charge in [-0.05, 0) is 37.3 Å². The summed E-state index contributed by atoms with van der Waals surface area (Å²) in [6.45, 7) is 2.07. The van der Waals surface area contributed by atoms with Crippen molar-refractivity contribution in [2.45, 2.75) is 42.9 Å². The molecule has 1 heterocycles. The minimum atomic E-state index is -3.51. The van der Waals surface area contributed by atoms with E-state index in [0.717, 1.165) is 42.6 Å². The molecule has 2 N–H and O–H groups in total. The molecule has 2 rings (SSSR count). The molecule has 1 aromatic heterocycles. The van der Waals surface area contributed by atoms with Crippen LogP contribution in [0, 0.1) is 12.8 Å². The molecule has 0 aromatic carbocycles. The van der Waals surface area contributed by atoms with Gasteiger partial charge in [0.2, 0.25) is 10.0 Å². The van der Waals surface area contributed by atoms with Crippen LogP contribution in [0.3, 0.4) is 0 Å². The monoisotopic (exact) mass is 323 g/mol. The Labute approximate surface area is 122 Å². The third kappa shape index (κ3) is 3.70. The van der Waals surface area contributed by atoms with E-state index >= 15 is 0 Å². The van der Waals surface area contributed by atoms with E-state index in [1.54, 1.807) is 13.0 Å². The zero-order chi connectivity index (χ0) is 14.0.